The molecule has 2 bridgehead atoms. The number of ether oxygens (including phenoxy) is 3. The van der Waals surface area contributed by atoms with E-state index in [2.05, 4.69) is 26.6 Å². The molecule has 0 spiro atoms. The lowest BCUT2D eigenvalue weighted by atomic mass is 10.0. The second-order valence-corrected chi connectivity index (χ2v) is 13.8. The van der Waals surface area contributed by atoms with Crippen LogP contribution in [0.5, 0.6) is 0 Å². The monoisotopic (exact) mass is 647 g/mol. The third-order valence-corrected chi connectivity index (χ3v) is 6.79. The van der Waals surface area contributed by atoms with Crippen LogP contribution in [-0.4, -0.2) is 79.0 Å². The van der Waals surface area contributed by atoms with Gasteiger partial charge in [-0.15, -0.1) is 0 Å². The van der Waals surface area contributed by atoms with Gasteiger partial charge in [0.25, 0.3) is 0 Å². The molecule has 5 N–H and O–H groups in total. The van der Waals surface area contributed by atoms with Crippen LogP contribution >= 0.6 is 0 Å². The summed E-state index contributed by atoms with van der Waals surface area (Å²) in [4.78, 5) is 64.1. The van der Waals surface area contributed by atoms with Crippen molar-refractivity contribution in [1.29, 1.82) is 0 Å². The van der Waals surface area contributed by atoms with Gasteiger partial charge in [-0.25, -0.2) is 14.4 Å². The average molecular weight is 648 g/mol. The van der Waals surface area contributed by atoms with Crippen molar-refractivity contribution in [1.82, 2.24) is 21.3 Å². The minimum absolute atomic E-state index is 0.0168. The molecule has 0 aromatic heterocycles. The lowest BCUT2D eigenvalue weighted by Gasteiger charge is -2.27. The van der Waals surface area contributed by atoms with E-state index >= 15 is 0 Å². The van der Waals surface area contributed by atoms with Crippen LogP contribution in [0.15, 0.2) is 24.3 Å². The number of hydrogen-bond donors (Lipinski definition) is 5. The molecule has 1 unspecified atom stereocenters. The zero-order valence-electron chi connectivity index (χ0n) is 28.5. The first-order valence-electron chi connectivity index (χ1n) is 16.0. The van der Waals surface area contributed by atoms with Crippen molar-refractivity contribution in [3.05, 3.63) is 29.8 Å². The number of benzene rings is 1. The molecule has 5 amide bonds. The molecule has 0 saturated carbocycles. The Morgan fingerprint density at radius 3 is 2.24 bits per heavy atom. The van der Waals surface area contributed by atoms with Crippen molar-refractivity contribution in [2.75, 3.05) is 25.1 Å². The van der Waals surface area contributed by atoms with Crippen molar-refractivity contribution in [3.8, 4) is 0 Å². The predicted octanol–water partition coefficient (Wildman–Crippen LogP) is 3.80. The fourth-order valence-electron chi connectivity index (χ4n) is 4.41. The van der Waals surface area contributed by atoms with E-state index in [1.54, 1.807) is 65.8 Å². The van der Waals surface area contributed by atoms with Gasteiger partial charge in [0, 0.05) is 18.7 Å². The Kier molecular flexibility index (Phi) is 14.8. The quantitative estimate of drug-likeness (QED) is 0.199. The molecular formula is C33H53N5O8. The number of urea groups is 1. The number of hydrogen-bond acceptors (Lipinski definition) is 8. The summed E-state index contributed by atoms with van der Waals surface area (Å²) < 4.78 is 16.5. The molecule has 2 aliphatic heterocycles. The van der Waals surface area contributed by atoms with E-state index in [4.69, 9.17) is 14.2 Å². The van der Waals surface area contributed by atoms with Gasteiger partial charge in [-0.1, -0.05) is 26.0 Å². The van der Waals surface area contributed by atoms with E-state index in [1.165, 1.54) is 0 Å². The van der Waals surface area contributed by atoms with E-state index in [9.17, 15) is 24.0 Å². The lowest BCUT2D eigenvalue weighted by Crippen LogP contribution is -2.56. The molecule has 3 rings (SSSR count). The predicted molar refractivity (Wildman–Crippen MR) is 174 cm³/mol. The summed E-state index contributed by atoms with van der Waals surface area (Å²) in [7, 11) is 0. The van der Waals surface area contributed by atoms with Crippen molar-refractivity contribution in [2.24, 2.45) is 5.92 Å². The van der Waals surface area contributed by atoms with Crippen LogP contribution in [-0.2, 0) is 35.0 Å². The third kappa shape index (κ3) is 15.4. The topological polar surface area (TPSA) is 173 Å². The van der Waals surface area contributed by atoms with Crippen LogP contribution in [0.4, 0.5) is 15.3 Å². The Bertz CT molecular complexity index is 1170. The minimum atomic E-state index is -0.995. The smallest absolute Gasteiger partial charge is 0.407 e. The van der Waals surface area contributed by atoms with Gasteiger partial charge in [-0.05, 0) is 84.4 Å². The highest BCUT2D eigenvalue weighted by Crippen LogP contribution is 2.15. The van der Waals surface area contributed by atoms with Gasteiger partial charge in [0.2, 0.25) is 11.8 Å². The second-order valence-electron chi connectivity index (χ2n) is 13.8. The normalized spacial score (nSPS) is 18.7. The highest BCUT2D eigenvalue weighted by Gasteiger charge is 2.30. The number of unbranched alkanes of at least 4 members (excludes halogenated alkanes) is 1. The first kappa shape index (κ1) is 38.3. The molecule has 0 radical (unpaired) electrons. The highest BCUT2D eigenvalue weighted by molar-refractivity contribution is 5.91. The lowest BCUT2D eigenvalue weighted by molar-refractivity contribution is -0.157. The number of anilines is 1. The van der Waals surface area contributed by atoms with E-state index in [1.807, 2.05) is 13.8 Å². The van der Waals surface area contributed by atoms with Gasteiger partial charge in [0.05, 0.1) is 25.7 Å². The molecule has 0 aliphatic carbocycles. The van der Waals surface area contributed by atoms with Crippen molar-refractivity contribution >= 4 is 35.6 Å². The minimum Gasteiger partial charge on any atom is -0.458 e. The summed E-state index contributed by atoms with van der Waals surface area (Å²) >= 11 is 0. The molecule has 1 aromatic carbocycles. The Hall–Kier alpha value is -3.87. The van der Waals surface area contributed by atoms with Gasteiger partial charge >= 0.3 is 18.1 Å². The Balaban J connectivity index is 2.15. The van der Waals surface area contributed by atoms with Crippen LogP contribution in [0, 0.1) is 5.92 Å². The first-order valence-corrected chi connectivity index (χ1v) is 16.0. The van der Waals surface area contributed by atoms with Crippen molar-refractivity contribution < 1.29 is 38.2 Å². The summed E-state index contributed by atoms with van der Waals surface area (Å²) in [6.07, 6.45) is 1.06. The van der Waals surface area contributed by atoms with Crippen LogP contribution in [0.2, 0.25) is 0 Å². The SMILES string of the molecule is CC(C)[C@H]1COCCC(=O)Nc2ccc(cc2)C[C@@H](NC(=O)NC(CCCCNC(=O)OC(C)(C)C)C(=O)OC(C)(C)C)C(=O)N1. The fourth-order valence-corrected chi connectivity index (χ4v) is 4.41. The molecule has 0 fully saturated rings. The van der Waals surface area contributed by atoms with Crippen molar-refractivity contribution in [2.45, 2.75) is 117 Å². The maximum atomic E-state index is 13.5. The summed E-state index contributed by atoms with van der Waals surface area (Å²) in [5, 5.41) is 13.9. The number of fused-ring (bicyclic) bond motifs is 12. The van der Waals surface area contributed by atoms with Crippen LogP contribution in [0.1, 0.15) is 86.6 Å². The maximum Gasteiger partial charge on any atom is 0.407 e. The summed E-state index contributed by atoms with van der Waals surface area (Å²) in [5.74, 6) is -1.18. The number of carbonyl (C=O) groups is 5. The number of nitrogens with one attached hydrogen (secondary N) is 5. The van der Waals surface area contributed by atoms with Gasteiger partial charge in [-0.3, -0.25) is 9.59 Å². The van der Waals surface area contributed by atoms with E-state index in [-0.39, 0.29) is 50.3 Å². The molecule has 2 aliphatic rings. The first-order chi connectivity index (χ1) is 21.4. The molecule has 13 heteroatoms. The summed E-state index contributed by atoms with van der Waals surface area (Å²) in [6.45, 7) is 15.1. The largest absolute Gasteiger partial charge is 0.458 e. The number of alkyl carbamates (subject to hydrolysis) is 1. The Morgan fingerprint density at radius 1 is 0.978 bits per heavy atom. The summed E-state index contributed by atoms with van der Waals surface area (Å²) in [6, 6.07) is 3.97. The number of amides is 5. The molecule has 258 valence electrons. The second kappa shape index (κ2) is 17.7. The molecule has 13 nitrogen and oxygen atoms in total. The standard InChI is InChI=1S/C33H53N5O8/c1-21(2)26-20-44-18-16-27(39)35-23-14-12-22(13-15-23)19-25(28(40)36-26)38-30(42)37-24(29(41)45-32(3,4)5)11-9-10-17-34-31(43)46-33(6,7)8/h12-15,21,24-26H,9-11,16-20H2,1-8H3,(H,34,43)(H,35,39)(H,36,40)(H2,37,38,42)/t24?,25-,26-/m1/s1. The van der Waals surface area contributed by atoms with Gasteiger partial charge in [0.15, 0.2) is 0 Å². The molecule has 46 heavy (non-hydrogen) atoms. The zero-order chi connectivity index (χ0) is 34.5. The molecule has 3 atom stereocenters. The maximum absolute atomic E-state index is 13.5. The number of esters is 1. The summed E-state index contributed by atoms with van der Waals surface area (Å²) in [5.41, 5.74) is -0.0330. The Labute approximate surface area is 272 Å². The van der Waals surface area contributed by atoms with Crippen LogP contribution in [0.3, 0.4) is 0 Å². The molecule has 2 heterocycles. The third-order valence-electron chi connectivity index (χ3n) is 6.79. The van der Waals surface area contributed by atoms with Gasteiger partial charge < -0.3 is 40.8 Å². The average Bonchev–Trinajstić information content (AvgIpc) is 2.92. The van der Waals surface area contributed by atoms with E-state index in [0.717, 1.165) is 5.56 Å². The highest BCUT2D eigenvalue weighted by atomic mass is 16.6. The zero-order valence-corrected chi connectivity index (χ0v) is 28.5. The van der Waals surface area contributed by atoms with Gasteiger partial charge in [-0.2, -0.15) is 0 Å². The van der Waals surface area contributed by atoms with Gasteiger partial charge in [0.1, 0.15) is 23.3 Å². The number of carbonyl (C=O) groups excluding carboxylic acids is 5. The Morgan fingerprint density at radius 2 is 1.63 bits per heavy atom. The van der Waals surface area contributed by atoms with E-state index < -0.39 is 47.3 Å². The molecule has 0 saturated heterocycles. The van der Waals surface area contributed by atoms with Crippen LogP contribution in [0.25, 0.3) is 0 Å². The van der Waals surface area contributed by atoms with E-state index in [0.29, 0.717) is 25.1 Å². The molecule has 1 aromatic rings. The molecular weight excluding hydrogens is 594 g/mol. The van der Waals surface area contributed by atoms with Crippen molar-refractivity contribution in [3.63, 3.8) is 0 Å². The van der Waals surface area contributed by atoms with Crippen LogP contribution < -0.4 is 26.6 Å². The fraction of sp³-hybridized carbons (Fsp3) is 0.667. The number of rotatable bonds is 9.